The summed E-state index contributed by atoms with van der Waals surface area (Å²) < 4.78 is 4.82. The quantitative estimate of drug-likeness (QED) is 0.513. The molecule has 0 fully saturated rings. The highest BCUT2D eigenvalue weighted by Gasteiger charge is 2.19. The van der Waals surface area contributed by atoms with Crippen LogP contribution in [0.15, 0.2) is 0 Å². The monoisotopic (exact) mass is 217 g/mol. The molecule has 0 spiro atoms. The predicted molar refractivity (Wildman–Crippen MR) is 53.1 cm³/mol. The van der Waals surface area contributed by atoms with Crippen molar-refractivity contribution in [2.75, 3.05) is 13.2 Å². The molecule has 0 amide bonds. The van der Waals surface area contributed by atoms with Crippen LogP contribution in [0.2, 0.25) is 0 Å². The Labute approximate surface area is 89.0 Å². The predicted octanol–water partition coefficient (Wildman–Crippen LogP) is -0.406. The Hall–Kier alpha value is -0.780. The van der Waals surface area contributed by atoms with E-state index in [0.717, 1.165) is 6.42 Å². The van der Waals surface area contributed by atoms with Gasteiger partial charge in [0.25, 0.3) is 0 Å². The average Bonchev–Trinajstić information content (AvgIpc) is 2.26. The Bertz CT molecular complexity index is 192. The first-order valence-electron chi connectivity index (χ1n) is 4.96. The smallest absolute Gasteiger partial charge is 0.237 e. The van der Waals surface area contributed by atoms with Gasteiger partial charge < -0.3 is 14.9 Å². The molecule has 0 aromatic heterocycles. The van der Waals surface area contributed by atoms with E-state index < -0.39 is 18.8 Å². The highest BCUT2D eigenvalue weighted by Crippen LogP contribution is 2.02. The number of aliphatic hydroxyl groups is 2. The molecular weight excluding hydrogens is 200 g/mol. The largest absolute Gasteiger partial charge is 0.394 e. The zero-order valence-corrected chi connectivity index (χ0v) is 8.81. The molecule has 5 nitrogen and oxygen atoms in total. The highest BCUT2D eigenvalue weighted by atomic mass is 16.5. The van der Waals surface area contributed by atoms with Crippen LogP contribution in [0.5, 0.6) is 0 Å². The van der Waals surface area contributed by atoms with Crippen molar-refractivity contribution in [2.24, 2.45) is 0 Å². The van der Waals surface area contributed by atoms with Crippen LogP contribution >= 0.6 is 0 Å². The van der Waals surface area contributed by atoms with E-state index in [1.807, 2.05) is 6.92 Å². The van der Waals surface area contributed by atoms with Crippen LogP contribution in [-0.2, 0) is 14.3 Å². The maximum atomic E-state index is 11.3. The molecule has 0 aliphatic carbocycles. The normalized spacial score (nSPS) is 14.6. The van der Waals surface area contributed by atoms with Crippen molar-refractivity contribution < 1.29 is 24.5 Å². The van der Waals surface area contributed by atoms with E-state index in [-0.39, 0.29) is 18.8 Å². The fourth-order valence-corrected chi connectivity index (χ4v) is 0.935. The number of hydrogen-bond acceptors (Lipinski definition) is 5. The van der Waals surface area contributed by atoms with Crippen molar-refractivity contribution in [3.8, 4) is 0 Å². The second-order valence-electron chi connectivity index (χ2n) is 3.24. The molecule has 0 aliphatic heterocycles. The van der Waals surface area contributed by atoms with Crippen molar-refractivity contribution in [1.29, 1.82) is 0 Å². The van der Waals surface area contributed by atoms with Crippen LogP contribution in [0.4, 0.5) is 0 Å². The Morgan fingerprint density at radius 2 is 2.20 bits per heavy atom. The Morgan fingerprint density at radius 3 is 2.67 bits per heavy atom. The van der Waals surface area contributed by atoms with Gasteiger partial charge in [0.2, 0.25) is 6.29 Å². The molecule has 15 heavy (non-hydrogen) atoms. The molecular formula is C10H17O5. The second kappa shape index (κ2) is 8.52. The summed E-state index contributed by atoms with van der Waals surface area (Å²) in [6.07, 6.45) is 0.992. The molecule has 0 rings (SSSR count). The van der Waals surface area contributed by atoms with E-state index in [9.17, 15) is 9.59 Å². The van der Waals surface area contributed by atoms with Gasteiger partial charge in [0.15, 0.2) is 11.9 Å². The third kappa shape index (κ3) is 6.33. The van der Waals surface area contributed by atoms with E-state index in [0.29, 0.717) is 6.42 Å². The van der Waals surface area contributed by atoms with Gasteiger partial charge >= 0.3 is 0 Å². The van der Waals surface area contributed by atoms with Gasteiger partial charge in [-0.15, -0.1) is 0 Å². The van der Waals surface area contributed by atoms with E-state index >= 15 is 0 Å². The van der Waals surface area contributed by atoms with E-state index in [1.54, 1.807) is 0 Å². The van der Waals surface area contributed by atoms with Gasteiger partial charge in [0.05, 0.1) is 13.2 Å². The second-order valence-corrected chi connectivity index (χ2v) is 3.24. The van der Waals surface area contributed by atoms with Gasteiger partial charge in [0, 0.05) is 6.42 Å². The van der Waals surface area contributed by atoms with Crippen LogP contribution in [0.1, 0.15) is 26.2 Å². The molecule has 0 aliphatic rings. The lowest BCUT2D eigenvalue weighted by Crippen LogP contribution is -2.30. The van der Waals surface area contributed by atoms with Crippen molar-refractivity contribution in [3.05, 3.63) is 0 Å². The minimum atomic E-state index is -1.24. The average molecular weight is 217 g/mol. The first-order chi connectivity index (χ1) is 7.15. The van der Waals surface area contributed by atoms with Gasteiger partial charge in [-0.25, -0.2) is 0 Å². The van der Waals surface area contributed by atoms with Crippen molar-refractivity contribution in [1.82, 2.24) is 0 Å². The lowest BCUT2D eigenvalue weighted by Gasteiger charge is -2.12. The number of carbonyl (C=O) groups excluding carboxylic acids is 2. The topological polar surface area (TPSA) is 83.8 Å². The summed E-state index contributed by atoms with van der Waals surface area (Å²) in [5, 5.41) is 17.4. The number of carbonyl (C=O) groups is 1. The number of ether oxygens (including phenoxy) is 1. The Kier molecular flexibility index (Phi) is 8.08. The first kappa shape index (κ1) is 14.2. The zero-order chi connectivity index (χ0) is 11.7. The summed E-state index contributed by atoms with van der Waals surface area (Å²) in [5.74, 6) is -0.336. The van der Waals surface area contributed by atoms with Gasteiger partial charge in [-0.2, -0.15) is 0 Å². The molecule has 0 bridgehead atoms. The third-order valence-electron chi connectivity index (χ3n) is 1.84. The molecule has 2 N–H and O–H groups in total. The molecule has 0 saturated heterocycles. The highest BCUT2D eigenvalue weighted by molar-refractivity contribution is 5.96. The first-order valence-corrected chi connectivity index (χ1v) is 4.96. The number of ketones is 1. The van der Waals surface area contributed by atoms with Crippen LogP contribution < -0.4 is 0 Å². The summed E-state index contributed by atoms with van der Waals surface area (Å²) in [7, 11) is 0. The van der Waals surface area contributed by atoms with Crippen LogP contribution in [0, 0.1) is 0 Å². The summed E-state index contributed by atoms with van der Waals surface area (Å²) in [6, 6.07) is 0. The molecule has 2 atom stereocenters. The van der Waals surface area contributed by atoms with Crippen LogP contribution in [0.25, 0.3) is 0 Å². The van der Waals surface area contributed by atoms with Crippen LogP contribution in [0.3, 0.4) is 0 Å². The van der Waals surface area contributed by atoms with E-state index in [2.05, 4.69) is 0 Å². The van der Waals surface area contributed by atoms with Gasteiger partial charge in [0.1, 0.15) is 6.10 Å². The molecule has 0 aromatic carbocycles. The fraction of sp³-hybridized carbons (Fsp3) is 0.800. The third-order valence-corrected chi connectivity index (χ3v) is 1.84. The number of unbranched alkanes of at least 4 members (excludes halogenated alkanes) is 1. The summed E-state index contributed by atoms with van der Waals surface area (Å²) in [4.78, 5) is 21.7. The van der Waals surface area contributed by atoms with Crippen molar-refractivity contribution >= 4 is 12.1 Å². The van der Waals surface area contributed by atoms with Crippen molar-refractivity contribution in [2.45, 2.75) is 38.4 Å². The lowest BCUT2D eigenvalue weighted by molar-refractivity contribution is -0.128. The molecule has 0 aromatic rings. The molecule has 5 heteroatoms. The summed E-state index contributed by atoms with van der Waals surface area (Å²) in [5.41, 5.74) is 0. The van der Waals surface area contributed by atoms with Gasteiger partial charge in [-0.05, 0) is 6.42 Å². The fourth-order valence-electron chi connectivity index (χ4n) is 0.935. The maximum absolute atomic E-state index is 11.3. The molecule has 2 unspecified atom stereocenters. The molecule has 0 saturated carbocycles. The Morgan fingerprint density at radius 1 is 1.53 bits per heavy atom. The minimum absolute atomic E-state index is 0.242. The molecule has 87 valence electrons. The van der Waals surface area contributed by atoms with E-state index in [4.69, 9.17) is 14.9 Å². The Balaban J connectivity index is 3.90. The molecule has 1 radical (unpaired) electrons. The lowest BCUT2D eigenvalue weighted by atomic mass is 10.1. The summed E-state index contributed by atoms with van der Waals surface area (Å²) in [6.45, 7) is 1.23. The minimum Gasteiger partial charge on any atom is -0.394 e. The van der Waals surface area contributed by atoms with Gasteiger partial charge in [-0.3, -0.25) is 9.59 Å². The number of Topliss-reactive ketones (excluding diaryl/α,β-unsaturated/α-hetero) is 1. The number of rotatable bonds is 9. The molecule has 0 heterocycles. The standard InChI is InChI=1S/C10H17O5/c1-2-3-4-9(14)10(6-12)15-7-8(13)5-11/h8,10-11,13H,2-5,7H2,1H3. The van der Waals surface area contributed by atoms with Crippen LogP contribution in [-0.4, -0.2) is 47.7 Å². The summed E-state index contributed by atoms with van der Waals surface area (Å²) >= 11 is 0. The maximum Gasteiger partial charge on any atom is 0.237 e. The zero-order valence-electron chi connectivity index (χ0n) is 8.81. The van der Waals surface area contributed by atoms with E-state index in [1.165, 1.54) is 6.29 Å². The SMILES string of the molecule is CCCCC(=O)C([C]=O)OCC(O)CO. The number of aliphatic hydroxyl groups excluding tert-OH is 2. The van der Waals surface area contributed by atoms with Gasteiger partial charge in [-0.1, -0.05) is 13.3 Å². The number of hydrogen-bond donors (Lipinski definition) is 2. The van der Waals surface area contributed by atoms with Crippen molar-refractivity contribution in [3.63, 3.8) is 0 Å².